The fraction of sp³-hybridized carbons (Fsp3) is 0.556. The third kappa shape index (κ3) is 8.07. The Hall–Kier alpha value is -1.49. The Bertz CT molecular complexity index is 473. The number of nitrogens with one attached hydrogen (secondary N) is 1. The molecule has 0 spiro atoms. The van der Waals surface area contributed by atoms with Crippen LogP contribution in [0, 0.1) is 0 Å². The van der Waals surface area contributed by atoms with E-state index >= 15 is 0 Å². The van der Waals surface area contributed by atoms with Crippen LogP contribution in [0.15, 0.2) is 30.3 Å². The number of thiol groups is 1. The zero-order valence-corrected chi connectivity index (χ0v) is 15.0. The first-order valence-electron chi connectivity index (χ1n) is 8.38. The van der Waals surface area contributed by atoms with Gasteiger partial charge >= 0.3 is 6.03 Å². The lowest BCUT2D eigenvalue weighted by Gasteiger charge is -2.26. The SMILES string of the molecule is CCCN(CCC)C(=O)NC(CCC(=O)S)Cc1ccccc1. The molecule has 4 nitrogen and oxygen atoms in total. The van der Waals surface area contributed by atoms with E-state index in [1.807, 2.05) is 35.2 Å². The third-order valence-electron chi connectivity index (χ3n) is 3.63. The number of hydrogen-bond donors (Lipinski definition) is 2. The molecular weight excluding hydrogens is 308 g/mol. The summed E-state index contributed by atoms with van der Waals surface area (Å²) in [6.45, 7) is 5.64. The molecule has 0 heterocycles. The maximum Gasteiger partial charge on any atom is 0.317 e. The zero-order chi connectivity index (χ0) is 17.1. The summed E-state index contributed by atoms with van der Waals surface area (Å²) < 4.78 is 0. The number of amides is 2. The van der Waals surface area contributed by atoms with E-state index in [1.54, 1.807) is 0 Å². The summed E-state index contributed by atoms with van der Waals surface area (Å²) in [7, 11) is 0. The lowest BCUT2D eigenvalue weighted by Crippen LogP contribution is -2.46. The fourth-order valence-electron chi connectivity index (χ4n) is 2.54. The first kappa shape index (κ1) is 19.6. The van der Waals surface area contributed by atoms with E-state index in [0.29, 0.717) is 12.8 Å². The van der Waals surface area contributed by atoms with Gasteiger partial charge in [0, 0.05) is 25.6 Å². The summed E-state index contributed by atoms with van der Waals surface area (Å²) in [5.74, 6) is 0. The van der Waals surface area contributed by atoms with Crippen LogP contribution in [0.25, 0.3) is 0 Å². The van der Waals surface area contributed by atoms with Gasteiger partial charge in [0.25, 0.3) is 0 Å². The summed E-state index contributed by atoms with van der Waals surface area (Å²) in [6, 6.07) is 9.92. The molecule has 0 fully saturated rings. The van der Waals surface area contributed by atoms with Crippen LogP contribution in [0.1, 0.15) is 45.1 Å². The quantitative estimate of drug-likeness (QED) is 0.641. The third-order valence-corrected chi connectivity index (χ3v) is 3.86. The predicted molar refractivity (Wildman–Crippen MR) is 97.8 cm³/mol. The van der Waals surface area contributed by atoms with Crippen molar-refractivity contribution in [1.29, 1.82) is 0 Å². The van der Waals surface area contributed by atoms with Crippen LogP contribution < -0.4 is 5.32 Å². The molecule has 1 unspecified atom stereocenters. The second kappa shape index (κ2) is 11.1. The minimum absolute atomic E-state index is 0.0405. The van der Waals surface area contributed by atoms with E-state index < -0.39 is 0 Å². The summed E-state index contributed by atoms with van der Waals surface area (Å²) in [5, 5.41) is 2.95. The number of carbonyl (C=O) groups is 2. The van der Waals surface area contributed by atoms with Crippen LogP contribution in [0.5, 0.6) is 0 Å². The number of carbonyl (C=O) groups excluding carboxylic acids is 2. The molecule has 1 N–H and O–H groups in total. The van der Waals surface area contributed by atoms with E-state index in [-0.39, 0.29) is 17.2 Å². The minimum Gasteiger partial charge on any atom is -0.335 e. The zero-order valence-electron chi connectivity index (χ0n) is 14.1. The van der Waals surface area contributed by atoms with E-state index in [2.05, 4.69) is 31.8 Å². The number of nitrogens with zero attached hydrogens (tertiary/aromatic N) is 1. The average Bonchev–Trinajstić information content (AvgIpc) is 2.53. The van der Waals surface area contributed by atoms with E-state index in [1.165, 1.54) is 0 Å². The lowest BCUT2D eigenvalue weighted by atomic mass is 10.0. The van der Waals surface area contributed by atoms with E-state index in [0.717, 1.165) is 37.9 Å². The van der Waals surface area contributed by atoms with E-state index in [4.69, 9.17) is 0 Å². The Kier molecular flexibility index (Phi) is 9.45. The number of rotatable bonds is 10. The molecule has 0 aromatic heterocycles. The van der Waals surface area contributed by atoms with Crippen molar-refractivity contribution in [1.82, 2.24) is 10.2 Å². The molecule has 128 valence electrons. The summed E-state index contributed by atoms with van der Waals surface area (Å²) in [5.41, 5.74) is 1.15. The second-order valence-electron chi connectivity index (χ2n) is 5.76. The number of hydrogen-bond acceptors (Lipinski definition) is 2. The van der Waals surface area contributed by atoms with Crippen molar-refractivity contribution in [2.45, 2.75) is 52.0 Å². The lowest BCUT2D eigenvalue weighted by molar-refractivity contribution is -0.111. The average molecular weight is 337 g/mol. The fourth-order valence-corrected chi connectivity index (χ4v) is 2.67. The first-order valence-corrected chi connectivity index (χ1v) is 8.82. The topological polar surface area (TPSA) is 49.4 Å². The molecule has 0 bridgehead atoms. The highest BCUT2D eigenvalue weighted by Crippen LogP contribution is 2.10. The largest absolute Gasteiger partial charge is 0.335 e. The van der Waals surface area contributed by atoms with Crippen molar-refractivity contribution in [3.8, 4) is 0 Å². The molecule has 1 aromatic carbocycles. The molecule has 0 aliphatic rings. The molecule has 1 atom stereocenters. The molecular formula is C18H28N2O2S. The molecule has 1 rings (SSSR count). The van der Waals surface area contributed by atoms with Crippen molar-refractivity contribution in [2.24, 2.45) is 0 Å². The van der Waals surface area contributed by atoms with Gasteiger partial charge in [-0.3, -0.25) is 4.79 Å². The van der Waals surface area contributed by atoms with Crippen LogP contribution in [0.2, 0.25) is 0 Å². The molecule has 5 heteroatoms. The Morgan fingerprint density at radius 2 is 1.74 bits per heavy atom. The van der Waals surface area contributed by atoms with Crippen LogP contribution in [0.4, 0.5) is 4.79 Å². The van der Waals surface area contributed by atoms with Gasteiger partial charge in [0.05, 0.1) is 0 Å². The van der Waals surface area contributed by atoms with Crippen molar-refractivity contribution in [3.05, 3.63) is 35.9 Å². The highest BCUT2D eigenvalue weighted by Gasteiger charge is 2.18. The molecule has 0 radical (unpaired) electrons. The Labute approximate surface area is 145 Å². The number of urea groups is 1. The smallest absolute Gasteiger partial charge is 0.317 e. The number of benzene rings is 1. The Balaban J connectivity index is 2.70. The summed E-state index contributed by atoms with van der Waals surface area (Å²) in [4.78, 5) is 25.5. The van der Waals surface area contributed by atoms with Crippen molar-refractivity contribution < 1.29 is 9.59 Å². The monoisotopic (exact) mass is 336 g/mol. The minimum atomic E-state index is -0.142. The van der Waals surface area contributed by atoms with Crippen LogP contribution in [-0.2, 0) is 11.2 Å². The molecule has 0 saturated carbocycles. The first-order chi connectivity index (χ1) is 11.1. The van der Waals surface area contributed by atoms with Crippen molar-refractivity contribution in [2.75, 3.05) is 13.1 Å². The summed E-state index contributed by atoms with van der Waals surface area (Å²) in [6.07, 6.45) is 3.56. The van der Waals surface area contributed by atoms with Gasteiger partial charge < -0.3 is 10.2 Å². The van der Waals surface area contributed by atoms with Crippen LogP contribution in [0.3, 0.4) is 0 Å². The maximum atomic E-state index is 12.5. The van der Waals surface area contributed by atoms with Gasteiger partial charge in [0.1, 0.15) is 0 Å². The molecule has 2 amide bonds. The summed E-state index contributed by atoms with van der Waals surface area (Å²) >= 11 is 3.84. The molecule has 0 aliphatic heterocycles. The van der Waals surface area contributed by atoms with Gasteiger partial charge in [-0.05, 0) is 31.2 Å². The van der Waals surface area contributed by atoms with Gasteiger partial charge in [0.15, 0.2) is 5.12 Å². The molecule has 23 heavy (non-hydrogen) atoms. The van der Waals surface area contributed by atoms with Gasteiger partial charge in [-0.2, -0.15) is 0 Å². The van der Waals surface area contributed by atoms with Gasteiger partial charge in [0.2, 0.25) is 0 Å². The second-order valence-corrected chi connectivity index (χ2v) is 6.25. The molecule has 1 aromatic rings. The standard InChI is InChI=1S/C18H28N2O2S/c1-3-12-20(13-4-2)18(22)19-16(10-11-17(21)23)14-15-8-6-5-7-9-15/h5-9,16H,3-4,10-14H2,1-2H3,(H,19,22)(H,21,23). The van der Waals surface area contributed by atoms with Gasteiger partial charge in [-0.25, -0.2) is 4.79 Å². The van der Waals surface area contributed by atoms with Gasteiger partial charge in [-0.1, -0.05) is 44.2 Å². The predicted octanol–water partition coefficient (Wildman–Crippen LogP) is 3.67. The Morgan fingerprint density at radius 3 is 2.26 bits per heavy atom. The highest BCUT2D eigenvalue weighted by atomic mass is 32.1. The Morgan fingerprint density at radius 1 is 1.13 bits per heavy atom. The molecule has 0 saturated heterocycles. The highest BCUT2D eigenvalue weighted by molar-refractivity contribution is 7.96. The maximum absolute atomic E-state index is 12.5. The van der Waals surface area contributed by atoms with Crippen molar-refractivity contribution >= 4 is 23.8 Å². The van der Waals surface area contributed by atoms with Crippen LogP contribution in [-0.4, -0.2) is 35.2 Å². The van der Waals surface area contributed by atoms with E-state index in [9.17, 15) is 9.59 Å². The van der Waals surface area contributed by atoms with Gasteiger partial charge in [-0.15, -0.1) is 12.6 Å². The van der Waals surface area contributed by atoms with Crippen LogP contribution >= 0.6 is 12.6 Å². The van der Waals surface area contributed by atoms with Crippen molar-refractivity contribution in [3.63, 3.8) is 0 Å². The molecule has 0 aliphatic carbocycles. The normalized spacial score (nSPS) is 11.8.